The second kappa shape index (κ2) is 9.09. The number of nitrogens with zero attached hydrogens (tertiary/aromatic N) is 4. The Hall–Kier alpha value is -2.88. The van der Waals surface area contributed by atoms with Crippen molar-refractivity contribution in [3.63, 3.8) is 0 Å². The zero-order valence-electron chi connectivity index (χ0n) is 17.4. The van der Waals surface area contributed by atoms with Crippen LogP contribution >= 0.6 is 12.6 Å². The van der Waals surface area contributed by atoms with Crippen molar-refractivity contribution in [3.05, 3.63) is 47.5 Å². The molecule has 0 spiro atoms. The minimum atomic E-state index is -0.0175. The number of aromatic nitrogens is 3. The van der Waals surface area contributed by atoms with Gasteiger partial charge in [0.05, 0.1) is 18.8 Å². The molecule has 0 radical (unpaired) electrons. The maximum Gasteiger partial charge on any atom is 0.193 e. The molecular formula is C22H26N6O2S. The molecule has 4 rings (SSSR count). The zero-order valence-corrected chi connectivity index (χ0v) is 18.3. The Morgan fingerprint density at radius 1 is 1.19 bits per heavy atom. The largest absolute Gasteiger partial charge is 0.507 e. The highest BCUT2D eigenvalue weighted by atomic mass is 32.1. The van der Waals surface area contributed by atoms with Gasteiger partial charge >= 0.3 is 0 Å². The Kier molecular flexibility index (Phi) is 6.26. The van der Waals surface area contributed by atoms with E-state index in [1.54, 1.807) is 10.6 Å². The van der Waals surface area contributed by atoms with Crippen molar-refractivity contribution < 1.29 is 9.84 Å². The maximum absolute atomic E-state index is 10.6. The molecule has 1 fully saturated rings. The third-order valence-electron chi connectivity index (χ3n) is 5.44. The fraction of sp³-hybridized carbons (Fsp3) is 0.318. The third-order valence-corrected chi connectivity index (χ3v) is 5.73. The SMILES string of the molecule is CCC(=N)c1cc(-c2nnc(S)n2-c2ccc(CN3CCOCC3)cc2)c(O)cc1N. The van der Waals surface area contributed by atoms with E-state index in [-0.39, 0.29) is 5.75 Å². The van der Waals surface area contributed by atoms with E-state index in [2.05, 4.69) is 39.9 Å². The van der Waals surface area contributed by atoms with E-state index in [1.807, 2.05) is 19.1 Å². The summed E-state index contributed by atoms with van der Waals surface area (Å²) in [5.74, 6) is 0.421. The van der Waals surface area contributed by atoms with Crippen LogP contribution in [0.3, 0.4) is 0 Å². The molecule has 0 unspecified atom stereocenters. The first-order valence-corrected chi connectivity index (χ1v) is 10.7. The summed E-state index contributed by atoms with van der Waals surface area (Å²) in [5.41, 5.74) is 9.84. The minimum Gasteiger partial charge on any atom is -0.507 e. The summed E-state index contributed by atoms with van der Waals surface area (Å²) in [5, 5.41) is 27.5. The van der Waals surface area contributed by atoms with Gasteiger partial charge in [-0.3, -0.25) is 9.47 Å². The molecule has 2 aromatic carbocycles. The van der Waals surface area contributed by atoms with Crippen LogP contribution in [0.15, 0.2) is 41.6 Å². The van der Waals surface area contributed by atoms with Gasteiger partial charge in [-0.25, -0.2) is 0 Å². The Morgan fingerprint density at radius 3 is 2.58 bits per heavy atom. The first-order valence-electron chi connectivity index (χ1n) is 10.2. The van der Waals surface area contributed by atoms with Crippen LogP contribution in [0.25, 0.3) is 17.1 Å². The third kappa shape index (κ3) is 4.43. The van der Waals surface area contributed by atoms with Gasteiger partial charge < -0.3 is 21.0 Å². The molecule has 1 aliphatic heterocycles. The Morgan fingerprint density at radius 2 is 1.90 bits per heavy atom. The Labute approximate surface area is 186 Å². The van der Waals surface area contributed by atoms with Crippen LogP contribution in [0.2, 0.25) is 0 Å². The number of morpholine rings is 1. The van der Waals surface area contributed by atoms with Crippen LogP contribution in [0.1, 0.15) is 24.5 Å². The van der Waals surface area contributed by atoms with Gasteiger partial charge in [-0.2, -0.15) is 0 Å². The summed E-state index contributed by atoms with van der Waals surface area (Å²) in [7, 11) is 0. The lowest BCUT2D eigenvalue weighted by atomic mass is 10.0. The van der Waals surface area contributed by atoms with Crippen molar-refractivity contribution in [1.82, 2.24) is 19.7 Å². The van der Waals surface area contributed by atoms with Gasteiger partial charge in [0.15, 0.2) is 11.0 Å². The molecule has 0 saturated carbocycles. The second-order valence-electron chi connectivity index (χ2n) is 7.50. The van der Waals surface area contributed by atoms with E-state index in [0.29, 0.717) is 39.9 Å². The molecule has 4 N–H and O–H groups in total. The number of nitrogens with one attached hydrogen (secondary N) is 1. The molecule has 1 saturated heterocycles. The van der Waals surface area contributed by atoms with Crippen LogP contribution in [0.4, 0.5) is 5.69 Å². The van der Waals surface area contributed by atoms with Gasteiger partial charge in [0.25, 0.3) is 0 Å². The van der Waals surface area contributed by atoms with Gasteiger partial charge in [0.1, 0.15) is 5.75 Å². The molecule has 162 valence electrons. The number of hydrogen-bond acceptors (Lipinski definition) is 8. The lowest BCUT2D eigenvalue weighted by molar-refractivity contribution is 0.0342. The van der Waals surface area contributed by atoms with Crippen molar-refractivity contribution in [1.29, 1.82) is 5.41 Å². The van der Waals surface area contributed by atoms with Crippen molar-refractivity contribution in [2.75, 3.05) is 32.0 Å². The summed E-state index contributed by atoms with van der Waals surface area (Å²) >= 11 is 4.47. The highest BCUT2D eigenvalue weighted by Gasteiger charge is 2.20. The molecule has 9 heteroatoms. The van der Waals surface area contributed by atoms with E-state index < -0.39 is 0 Å². The Balaban J connectivity index is 1.68. The maximum atomic E-state index is 10.6. The minimum absolute atomic E-state index is 0.0175. The standard InChI is InChI=1S/C22H26N6O2S/c1-2-18(23)16-11-17(20(29)12-19(16)24)21-25-26-22(31)28(21)15-5-3-14(4-6-15)13-27-7-9-30-10-8-27/h3-6,11-12,23,29H,2,7-10,13,24H2,1H3,(H,26,31). The van der Waals surface area contributed by atoms with Crippen molar-refractivity contribution in [2.45, 2.75) is 25.0 Å². The van der Waals surface area contributed by atoms with Crippen LogP contribution in [-0.4, -0.2) is 56.8 Å². The monoisotopic (exact) mass is 438 g/mol. The molecule has 1 aliphatic rings. The molecule has 8 nitrogen and oxygen atoms in total. The quantitative estimate of drug-likeness (QED) is 0.267. The normalized spacial score (nSPS) is 14.6. The first-order chi connectivity index (χ1) is 15.0. The number of phenols is 1. The summed E-state index contributed by atoms with van der Waals surface area (Å²) in [6, 6.07) is 11.3. The number of ether oxygens (including phenoxy) is 1. The lowest BCUT2D eigenvalue weighted by Crippen LogP contribution is -2.35. The fourth-order valence-corrected chi connectivity index (χ4v) is 3.95. The van der Waals surface area contributed by atoms with Crippen molar-refractivity contribution >= 4 is 24.0 Å². The molecule has 1 aromatic heterocycles. The van der Waals surface area contributed by atoms with Gasteiger partial charge in [-0.15, -0.1) is 22.8 Å². The van der Waals surface area contributed by atoms with Crippen LogP contribution in [0.5, 0.6) is 5.75 Å². The predicted octanol–water partition coefficient (Wildman–Crippen LogP) is 3.12. The molecule has 3 aromatic rings. The summed E-state index contributed by atoms with van der Waals surface area (Å²) in [6.07, 6.45) is 0.531. The number of thiol groups is 1. The topological polar surface area (TPSA) is 113 Å². The van der Waals surface area contributed by atoms with Gasteiger partial charge in [-0.05, 0) is 30.2 Å². The molecule has 0 bridgehead atoms. The summed E-state index contributed by atoms with van der Waals surface area (Å²) in [4.78, 5) is 2.36. The number of nitrogens with two attached hydrogens (primary N) is 1. The van der Waals surface area contributed by atoms with E-state index in [0.717, 1.165) is 38.5 Å². The summed E-state index contributed by atoms with van der Waals surface area (Å²) in [6.45, 7) is 6.17. The van der Waals surface area contributed by atoms with Crippen LogP contribution in [-0.2, 0) is 11.3 Å². The molecule has 0 amide bonds. The lowest BCUT2D eigenvalue weighted by Gasteiger charge is -2.26. The number of hydrogen-bond donors (Lipinski definition) is 4. The van der Waals surface area contributed by atoms with E-state index in [9.17, 15) is 5.11 Å². The van der Waals surface area contributed by atoms with E-state index >= 15 is 0 Å². The van der Waals surface area contributed by atoms with Gasteiger partial charge in [0.2, 0.25) is 0 Å². The fourth-order valence-electron chi connectivity index (χ4n) is 3.69. The number of benzene rings is 2. The van der Waals surface area contributed by atoms with Gasteiger partial charge in [-0.1, -0.05) is 19.1 Å². The molecule has 31 heavy (non-hydrogen) atoms. The zero-order chi connectivity index (χ0) is 22.0. The Bertz CT molecular complexity index is 1090. The molecule has 0 atom stereocenters. The number of anilines is 1. The molecule has 2 heterocycles. The average molecular weight is 439 g/mol. The van der Waals surface area contributed by atoms with Gasteiger partial charge in [0, 0.05) is 48.4 Å². The molecule has 0 aliphatic carbocycles. The average Bonchev–Trinajstić information content (AvgIpc) is 3.15. The van der Waals surface area contributed by atoms with E-state index in [4.69, 9.17) is 15.9 Å². The number of phenolic OH excluding ortho intramolecular Hbond substituents is 1. The van der Waals surface area contributed by atoms with E-state index in [1.165, 1.54) is 11.6 Å². The van der Waals surface area contributed by atoms with Crippen molar-refractivity contribution in [3.8, 4) is 22.8 Å². The first kappa shape index (κ1) is 21.4. The number of aromatic hydroxyl groups is 1. The molecular weight excluding hydrogens is 412 g/mol. The predicted molar refractivity (Wildman–Crippen MR) is 123 cm³/mol. The van der Waals surface area contributed by atoms with Crippen LogP contribution in [0, 0.1) is 5.41 Å². The highest BCUT2D eigenvalue weighted by Crippen LogP contribution is 2.35. The van der Waals surface area contributed by atoms with Crippen molar-refractivity contribution in [2.24, 2.45) is 0 Å². The second-order valence-corrected chi connectivity index (χ2v) is 7.90. The number of rotatable bonds is 6. The smallest absolute Gasteiger partial charge is 0.193 e. The van der Waals surface area contributed by atoms with Crippen LogP contribution < -0.4 is 5.73 Å². The number of nitrogen functional groups attached to an aromatic ring is 1. The highest BCUT2D eigenvalue weighted by molar-refractivity contribution is 7.80. The summed E-state index contributed by atoms with van der Waals surface area (Å²) < 4.78 is 7.18.